The van der Waals surface area contributed by atoms with Gasteiger partial charge in [0.25, 0.3) is 0 Å². The third kappa shape index (κ3) is 3.23. The number of hydrogen-bond donors (Lipinski definition) is 2. The molecule has 0 radical (unpaired) electrons. The Kier molecular flexibility index (Phi) is 5.87. The summed E-state index contributed by atoms with van der Waals surface area (Å²) in [4.78, 5) is 0. The molecule has 2 nitrogen and oxygen atoms in total. The molecule has 0 aromatic rings. The first-order valence-electron chi connectivity index (χ1n) is 6.63. The Morgan fingerprint density at radius 2 is 2.25 bits per heavy atom. The monoisotopic (exact) mass is 222 g/mol. The number of nitrogens with two attached hydrogens (primary N) is 1. The van der Waals surface area contributed by atoms with Gasteiger partial charge in [-0.25, -0.2) is 0 Å². The van der Waals surface area contributed by atoms with E-state index in [1.54, 1.807) is 0 Å². The van der Waals surface area contributed by atoms with Gasteiger partial charge in [-0.3, -0.25) is 0 Å². The highest BCUT2D eigenvalue weighted by molar-refractivity contribution is 5.00. The SMILES string of the molecule is CC#CCCNC1(CN)CCCCC1CC. The molecule has 1 aliphatic rings. The Morgan fingerprint density at radius 1 is 1.44 bits per heavy atom. The fraction of sp³-hybridized carbons (Fsp3) is 0.857. The third-order valence-electron chi connectivity index (χ3n) is 3.97. The van der Waals surface area contributed by atoms with Crippen LogP contribution in [0.5, 0.6) is 0 Å². The summed E-state index contributed by atoms with van der Waals surface area (Å²) in [6.07, 6.45) is 7.44. The van der Waals surface area contributed by atoms with Crippen LogP contribution in [-0.2, 0) is 0 Å². The van der Waals surface area contributed by atoms with Gasteiger partial charge in [0.1, 0.15) is 0 Å². The minimum Gasteiger partial charge on any atom is -0.329 e. The summed E-state index contributed by atoms with van der Waals surface area (Å²) in [5.74, 6) is 6.80. The van der Waals surface area contributed by atoms with E-state index in [4.69, 9.17) is 5.73 Å². The van der Waals surface area contributed by atoms with E-state index in [-0.39, 0.29) is 5.54 Å². The lowest BCUT2D eigenvalue weighted by Crippen LogP contribution is -2.58. The molecule has 2 atom stereocenters. The van der Waals surface area contributed by atoms with Crippen LogP contribution in [0.4, 0.5) is 0 Å². The molecule has 1 saturated carbocycles. The molecule has 2 heteroatoms. The molecular formula is C14H26N2. The van der Waals surface area contributed by atoms with E-state index in [1.807, 2.05) is 6.92 Å². The zero-order valence-electron chi connectivity index (χ0n) is 10.8. The molecule has 0 heterocycles. The van der Waals surface area contributed by atoms with Crippen LogP contribution in [-0.4, -0.2) is 18.6 Å². The van der Waals surface area contributed by atoms with Gasteiger partial charge in [-0.2, -0.15) is 0 Å². The van der Waals surface area contributed by atoms with Crippen LogP contribution >= 0.6 is 0 Å². The molecule has 16 heavy (non-hydrogen) atoms. The average molecular weight is 222 g/mol. The highest BCUT2D eigenvalue weighted by Crippen LogP contribution is 2.35. The van der Waals surface area contributed by atoms with Gasteiger partial charge in [0, 0.05) is 25.0 Å². The summed E-state index contributed by atoms with van der Waals surface area (Å²) in [6, 6.07) is 0. The van der Waals surface area contributed by atoms with Gasteiger partial charge in [-0.1, -0.05) is 26.2 Å². The summed E-state index contributed by atoms with van der Waals surface area (Å²) in [5.41, 5.74) is 6.22. The van der Waals surface area contributed by atoms with Gasteiger partial charge < -0.3 is 11.1 Å². The number of hydrogen-bond acceptors (Lipinski definition) is 2. The molecule has 0 saturated heterocycles. The molecule has 0 bridgehead atoms. The summed E-state index contributed by atoms with van der Waals surface area (Å²) >= 11 is 0. The molecular weight excluding hydrogens is 196 g/mol. The van der Waals surface area contributed by atoms with Crippen molar-refractivity contribution in [1.29, 1.82) is 0 Å². The summed E-state index contributed by atoms with van der Waals surface area (Å²) < 4.78 is 0. The number of nitrogens with one attached hydrogen (secondary N) is 1. The van der Waals surface area contributed by atoms with Crippen molar-refractivity contribution in [3.05, 3.63) is 0 Å². The van der Waals surface area contributed by atoms with Crippen molar-refractivity contribution in [1.82, 2.24) is 5.32 Å². The quantitative estimate of drug-likeness (QED) is 0.553. The molecule has 0 aromatic heterocycles. The van der Waals surface area contributed by atoms with Gasteiger partial charge in [-0.05, 0) is 25.7 Å². The van der Waals surface area contributed by atoms with Gasteiger partial charge in [-0.15, -0.1) is 11.8 Å². The Morgan fingerprint density at radius 3 is 2.88 bits per heavy atom. The van der Waals surface area contributed by atoms with Crippen LogP contribution in [0.1, 0.15) is 52.4 Å². The van der Waals surface area contributed by atoms with Crippen molar-refractivity contribution < 1.29 is 0 Å². The molecule has 0 spiro atoms. The second-order valence-electron chi connectivity index (χ2n) is 4.81. The van der Waals surface area contributed by atoms with Crippen LogP contribution in [0, 0.1) is 17.8 Å². The largest absolute Gasteiger partial charge is 0.329 e. The lowest BCUT2D eigenvalue weighted by atomic mass is 9.71. The Labute approximate surface area is 100 Å². The van der Waals surface area contributed by atoms with E-state index in [0.717, 1.165) is 25.4 Å². The van der Waals surface area contributed by atoms with Crippen LogP contribution in [0.25, 0.3) is 0 Å². The van der Waals surface area contributed by atoms with E-state index in [2.05, 4.69) is 24.1 Å². The van der Waals surface area contributed by atoms with Crippen LogP contribution < -0.4 is 11.1 Å². The highest BCUT2D eigenvalue weighted by Gasteiger charge is 2.37. The lowest BCUT2D eigenvalue weighted by molar-refractivity contribution is 0.145. The van der Waals surface area contributed by atoms with Gasteiger partial charge in [0.15, 0.2) is 0 Å². The van der Waals surface area contributed by atoms with Crippen LogP contribution in [0.3, 0.4) is 0 Å². The van der Waals surface area contributed by atoms with Crippen LogP contribution in [0.2, 0.25) is 0 Å². The molecule has 0 aromatic carbocycles. The Bertz CT molecular complexity index is 251. The molecule has 0 aliphatic heterocycles. The first-order valence-corrected chi connectivity index (χ1v) is 6.63. The van der Waals surface area contributed by atoms with Gasteiger partial charge in [0.2, 0.25) is 0 Å². The van der Waals surface area contributed by atoms with Crippen LogP contribution in [0.15, 0.2) is 0 Å². The minimum atomic E-state index is 0.197. The Hall–Kier alpha value is -0.520. The minimum absolute atomic E-state index is 0.197. The van der Waals surface area contributed by atoms with Crippen molar-refractivity contribution in [2.45, 2.75) is 57.9 Å². The molecule has 92 valence electrons. The summed E-state index contributed by atoms with van der Waals surface area (Å²) in [7, 11) is 0. The predicted molar refractivity (Wildman–Crippen MR) is 70.1 cm³/mol. The lowest BCUT2D eigenvalue weighted by Gasteiger charge is -2.44. The maximum absolute atomic E-state index is 6.02. The summed E-state index contributed by atoms with van der Waals surface area (Å²) in [6.45, 7) is 5.93. The van der Waals surface area contributed by atoms with E-state index < -0.39 is 0 Å². The molecule has 1 fully saturated rings. The van der Waals surface area contributed by atoms with Crippen molar-refractivity contribution in [2.75, 3.05) is 13.1 Å². The van der Waals surface area contributed by atoms with Crippen molar-refractivity contribution in [3.8, 4) is 11.8 Å². The topological polar surface area (TPSA) is 38.0 Å². The predicted octanol–water partition coefficient (Wildman–Crippen LogP) is 2.29. The fourth-order valence-corrected chi connectivity index (χ4v) is 2.98. The first kappa shape index (κ1) is 13.5. The molecule has 1 aliphatic carbocycles. The standard InChI is InChI=1S/C14H26N2/c1-3-5-8-11-16-14(12-15)10-7-6-9-13(14)4-2/h13,16H,4,6-12,15H2,1-2H3. The van der Waals surface area contributed by atoms with Gasteiger partial charge in [0.05, 0.1) is 0 Å². The van der Waals surface area contributed by atoms with Gasteiger partial charge >= 0.3 is 0 Å². The zero-order valence-corrected chi connectivity index (χ0v) is 10.8. The third-order valence-corrected chi connectivity index (χ3v) is 3.97. The van der Waals surface area contributed by atoms with E-state index >= 15 is 0 Å². The van der Waals surface area contributed by atoms with E-state index in [0.29, 0.717) is 0 Å². The van der Waals surface area contributed by atoms with Crippen molar-refractivity contribution in [3.63, 3.8) is 0 Å². The molecule has 3 N–H and O–H groups in total. The maximum atomic E-state index is 6.02. The smallest absolute Gasteiger partial charge is 0.0332 e. The van der Waals surface area contributed by atoms with Crippen molar-refractivity contribution >= 4 is 0 Å². The Balaban J connectivity index is 2.53. The zero-order chi connectivity index (χ0) is 11.9. The fourth-order valence-electron chi connectivity index (χ4n) is 2.98. The summed E-state index contributed by atoms with van der Waals surface area (Å²) in [5, 5.41) is 3.69. The maximum Gasteiger partial charge on any atom is 0.0332 e. The van der Waals surface area contributed by atoms with E-state index in [9.17, 15) is 0 Å². The average Bonchev–Trinajstić information content (AvgIpc) is 2.35. The highest BCUT2D eigenvalue weighted by atomic mass is 15.0. The molecule has 2 unspecified atom stereocenters. The second-order valence-corrected chi connectivity index (χ2v) is 4.81. The van der Waals surface area contributed by atoms with Crippen molar-refractivity contribution in [2.24, 2.45) is 11.7 Å². The number of rotatable bonds is 5. The molecule has 0 amide bonds. The van der Waals surface area contributed by atoms with E-state index in [1.165, 1.54) is 32.1 Å². The normalized spacial score (nSPS) is 29.6. The second kappa shape index (κ2) is 6.93. The molecule has 1 rings (SSSR count). The first-order chi connectivity index (χ1) is 7.79.